The Morgan fingerprint density at radius 2 is 1.67 bits per heavy atom. The summed E-state index contributed by atoms with van der Waals surface area (Å²) in [6, 6.07) is 13.6. The van der Waals surface area contributed by atoms with Crippen LogP contribution >= 0.6 is 11.6 Å². The highest BCUT2D eigenvalue weighted by Crippen LogP contribution is 2.41. The maximum Gasteiger partial charge on any atom is 0.237 e. The van der Waals surface area contributed by atoms with Crippen LogP contribution in [0.5, 0.6) is 0 Å². The van der Waals surface area contributed by atoms with Gasteiger partial charge in [0.05, 0.1) is 6.20 Å². The van der Waals surface area contributed by atoms with Crippen LogP contribution in [0.2, 0.25) is 5.02 Å². The first kappa shape index (κ1) is 16.4. The van der Waals surface area contributed by atoms with Crippen LogP contribution in [0, 0.1) is 11.8 Å². The molecule has 2 aromatic rings. The van der Waals surface area contributed by atoms with Gasteiger partial charge in [0.1, 0.15) is 17.9 Å². The van der Waals surface area contributed by atoms with Crippen LogP contribution in [0.1, 0.15) is 27.5 Å². The van der Waals surface area contributed by atoms with Gasteiger partial charge < -0.3 is 0 Å². The first-order valence-corrected chi connectivity index (χ1v) is 9.22. The molecule has 2 N–H and O–H groups in total. The first-order chi connectivity index (χ1) is 13.1. The standard InChI is InChI=1S/C21H15ClN2O3/c22-13-7-5-12(6-8-13)19(25)18-16-15(20(26)23-21(16)27)17-14-4-2-1-3-11(14)9-10-24(17)18/h1-10,15-18H,(H,23,26,27)/p+1/t15-,16+,17-,18+/m0/s1. The van der Waals surface area contributed by atoms with Gasteiger partial charge in [-0.1, -0.05) is 35.9 Å². The number of hydrogen-bond acceptors (Lipinski definition) is 3. The lowest BCUT2D eigenvalue weighted by Gasteiger charge is -2.29. The number of nitrogens with one attached hydrogen (secondary N) is 2. The zero-order valence-electron chi connectivity index (χ0n) is 14.2. The Balaban J connectivity index is 1.64. The molecule has 2 aromatic carbocycles. The van der Waals surface area contributed by atoms with Crippen LogP contribution in [0.25, 0.3) is 6.08 Å². The van der Waals surface area contributed by atoms with Gasteiger partial charge in [-0.2, -0.15) is 0 Å². The SMILES string of the molecule is O=C1NC(=O)[C@H]2[C@@H]1[C@H](C(=O)c1ccc(Cl)cc1)[NH+]1C=Cc3ccccc3[C@@H]21. The molecule has 3 heterocycles. The number of halogens is 1. The summed E-state index contributed by atoms with van der Waals surface area (Å²) < 4.78 is 0. The average Bonchev–Trinajstić information content (AvgIpc) is 3.17. The second-order valence-corrected chi connectivity index (χ2v) is 7.63. The lowest BCUT2D eigenvalue weighted by atomic mass is 9.83. The number of benzene rings is 2. The summed E-state index contributed by atoms with van der Waals surface area (Å²) in [5.41, 5.74) is 2.52. The number of rotatable bonds is 2. The van der Waals surface area contributed by atoms with Crippen molar-refractivity contribution in [3.8, 4) is 0 Å². The van der Waals surface area contributed by atoms with Crippen molar-refractivity contribution in [2.45, 2.75) is 12.1 Å². The van der Waals surface area contributed by atoms with Gasteiger partial charge in [-0.05, 0) is 35.9 Å². The molecule has 27 heavy (non-hydrogen) atoms. The molecule has 0 saturated carbocycles. The van der Waals surface area contributed by atoms with E-state index in [-0.39, 0.29) is 23.6 Å². The van der Waals surface area contributed by atoms with Crippen LogP contribution in [0.4, 0.5) is 0 Å². The molecule has 0 aromatic heterocycles. The number of imide groups is 1. The van der Waals surface area contributed by atoms with Crippen LogP contribution in [-0.4, -0.2) is 23.6 Å². The van der Waals surface area contributed by atoms with E-state index in [1.54, 1.807) is 24.3 Å². The van der Waals surface area contributed by atoms with Crippen molar-refractivity contribution >= 4 is 35.3 Å². The van der Waals surface area contributed by atoms with Gasteiger partial charge in [0.25, 0.3) is 0 Å². The highest BCUT2D eigenvalue weighted by atomic mass is 35.5. The molecule has 3 aliphatic heterocycles. The van der Waals surface area contributed by atoms with Gasteiger partial charge in [-0.25, -0.2) is 0 Å². The average molecular weight is 380 g/mol. The number of fused-ring (bicyclic) bond motifs is 5. The number of amides is 2. The largest absolute Gasteiger partial charge is 0.295 e. The van der Waals surface area contributed by atoms with Gasteiger partial charge in [0.15, 0.2) is 6.04 Å². The summed E-state index contributed by atoms with van der Waals surface area (Å²) in [6.45, 7) is 0. The third-order valence-corrected chi connectivity index (χ3v) is 6.12. The van der Waals surface area contributed by atoms with Gasteiger partial charge in [-0.15, -0.1) is 0 Å². The van der Waals surface area contributed by atoms with Gasteiger partial charge in [-0.3, -0.25) is 24.6 Å². The van der Waals surface area contributed by atoms with Gasteiger partial charge >= 0.3 is 0 Å². The van der Waals surface area contributed by atoms with E-state index in [1.165, 1.54) is 0 Å². The molecule has 3 aliphatic rings. The molecule has 1 unspecified atom stereocenters. The maximum absolute atomic E-state index is 13.3. The number of carbonyl (C=O) groups excluding carboxylic acids is 3. The molecule has 6 heteroatoms. The Bertz CT molecular complexity index is 1010. The molecule has 0 radical (unpaired) electrons. The van der Waals surface area contributed by atoms with Crippen molar-refractivity contribution in [1.29, 1.82) is 0 Å². The van der Waals surface area contributed by atoms with E-state index in [4.69, 9.17) is 11.6 Å². The third-order valence-electron chi connectivity index (χ3n) is 5.87. The Morgan fingerprint density at radius 1 is 0.963 bits per heavy atom. The molecule has 5 atom stereocenters. The molecule has 0 spiro atoms. The number of ketones is 1. The minimum absolute atomic E-state index is 0.145. The fourth-order valence-corrected chi connectivity index (χ4v) is 4.89. The second kappa shape index (κ2) is 5.87. The topological polar surface area (TPSA) is 67.7 Å². The number of Topliss-reactive ketones (excluding diaryl/α,β-unsaturated/α-hetero) is 1. The molecular weight excluding hydrogens is 364 g/mol. The fraction of sp³-hybridized carbons (Fsp3) is 0.190. The predicted molar refractivity (Wildman–Crippen MR) is 98.9 cm³/mol. The normalized spacial score (nSPS) is 30.5. The van der Waals surface area contributed by atoms with Crippen LogP contribution < -0.4 is 10.2 Å². The molecule has 2 saturated heterocycles. The summed E-state index contributed by atoms with van der Waals surface area (Å²) >= 11 is 5.94. The van der Waals surface area contributed by atoms with Crippen molar-refractivity contribution in [2.24, 2.45) is 11.8 Å². The highest BCUT2D eigenvalue weighted by Gasteiger charge is 2.65. The molecule has 0 aliphatic carbocycles. The lowest BCUT2D eigenvalue weighted by molar-refractivity contribution is -0.884. The smallest absolute Gasteiger partial charge is 0.237 e. The van der Waals surface area contributed by atoms with Crippen molar-refractivity contribution in [3.05, 3.63) is 76.4 Å². The summed E-state index contributed by atoms with van der Waals surface area (Å²) in [5.74, 6) is -2.00. The highest BCUT2D eigenvalue weighted by molar-refractivity contribution is 6.30. The second-order valence-electron chi connectivity index (χ2n) is 7.19. The van der Waals surface area contributed by atoms with Gasteiger partial charge in [0, 0.05) is 16.1 Å². The van der Waals surface area contributed by atoms with E-state index in [0.29, 0.717) is 10.6 Å². The van der Waals surface area contributed by atoms with Crippen LogP contribution in [0.3, 0.4) is 0 Å². The Hall–Kier alpha value is -2.76. The van der Waals surface area contributed by atoms with E-state index in [2.05, 4.69) is 5.32 Å². The minimum atomic E-state index is -0.670. The van der Waals surface area contributed by atoms with E-state index < -0.39 is 17.9 Å². The molecule has 5 rings (SSSR count). The van der Waals surface area contributed by atoms with Crippen molar-refractivity contribution in [3.63, 3.8) is 0 Å². The van der Waals surface area contributed by atoms with E-state index in [9.17, 15) is 14.4 Å². The Labute approximate surface area is 160 Å². The van der Waals surface area contributed by atoms with E-state index in [0.717, 1.165) is 16.0 Å². The number of carbonyl (C=O) groups is 3. The quantitative estimate of drug-likeness (QED) is 0.612. The predicted octanol–water partition coefficient (Wildman–Crippen LogP) is 1.40. The molecule has 0 bridgehead atoms. The maximum atomic E-state index is 13.3. The number of hydrogen-bond donors (Lipinski definition) is 2. The zero-order chi connectivity index (χ0) is 18.7. The molecular formula is C21H16ClN2O3+. The van der Waals surface area contributed by atoms with Gasteiger partial charge in [0.2, 0.25) is 17.6 Å². The van der Waals surface area contributed by atoms with E-state index >= 15 is 0 Å². The van der Waals surface area contributed by atoms with Crippen LogP contribution in [-0.2, 0) is 9.59 Å². The van der Waals surface area contributed by atoms with Crippen molar-refractivity contribution in [1.82, 2.24) is 5.32 Å². The van der Waals surface area contributed by atoms with Crippen molar-refractivity contribution in [2.75, 3.05) is 0 Å². The third kappa shape index (κ3) is 2.32. The zero-order valence-corrected chi connectivity index (χ0v) is 14.9. The molecule has 5 nitrogen and oxygen atoms in total. The Morgan fingerprint density at radius 3 is 2.44 bits per heavy atom. The summed E-state index contributed by atoms with van der Waals surface area (Å²) in [7, 11) is 0. The number of quaternary nitrogens is 1. The minimum Gasteiger partial charge on any atom is -0.295 e. The monoisotopic (exact) mass is 379 g/mol. The lowest BCUT2D eigenvalue weighted by Crippen LogP contribution is -3.12. The molecule has 2 fully saturated rings. The van der Waals surface area contributed by atoms with E-state index in [1.807, 2.05) is 36.5 Å². The fourth-order valence-electron chi connectivity index (χ4n) is 4.76. The Kier molecular flexibility index (Phi) is 3.57. The van der Waals surface area contributed by atoms with Crippen LogP contribution in [0.15, 0.2) is 54.7 Å². The summed E-state index contributed by atoms with van der Waals surface area (Å²) in [6.07, 6.45) is 3.89. The molecule has 2 amide bonds. The summed E-state index contributed by atoms with van der Waals surface area (Å²) in [5, 5.41) is 2.98. The first-order valence-electron chi connectivity index (χ1n) is 8.84. The summed E-state index contributed by atoms with van der Waals surface area (Å²) in [4.78, 5) is 39.3. The molecule has 134 valence electrons. The van der Waals surface area contributed by atoms with Crippen molar-refractivity contribution < 1.29 is 19.3 Å².